The topological polar surface area (TPSA) is 72.0 Å². The van der Waals surface area contributed by atoms with E-state index in [-0.39, 0.29) is 6.79 Å². The highest BCUT2D eigenvalue weighted by molar-refractivity contribution is 5.92. The number of aliphatic imine (C=N–C) groups is 1. The number of nitrogens with one attached hydrogen (secondary N) is 2. The Morgan fingerprint density at radius 1 is 1.24 bits per heavy atom. The largest absolute Gasteiger partial charge is 0.454 e. The first-order valence-corrected chi connectivity index (χ1v) is 7.89. The molecule has 0 radical (unpaired) electrons. The van der Waals surface area contributed by atoms with Gasteiger partial charge in [-0.15, -0.1) is 0 Å². The Morgan fingerprint density at radius 2 is 2.12 bits per heavy atom. The van der Waals surface area contributed by atoms with E-state index in [4.69, 9.17) is 9.47 Å². The molecule has 6 heteroatoms. The molecule has 3 rings (SSSR count). The molecule has 0 saturated heterocycles. The van der Waals surface area contributed by atoms with Crippen molar-refractivity contribution in [2.75, 3.05) is 13.8 Å². The minimum Gasteiger partial charge on any atom is -0.454 e. The van der Waals surface area contributed by atoms with Crippen molar-refractivity contribution in [2.45, 2.75) is 6.42 Å². The quantitative estimate of drug-likeness (QED) is 0.382. The number of allylic oxidation sites excluding steroid dienone is 6. The Bertz CT molecular complexity index is 804. The third kappa shape index (κ3) is 4.38. The summed E-state index contributed by atoms with van der Waals surface area (Å²) >= 11 is 0. The van der Waals surface area contributed by atoms with Gasteiger partial charge < -0.3 is 20.1 Å². The van der Waals surface area contributed by atoms with Gasteiger partial charge in [-0.1, -0.05) is 30.4 Å². The lowest BCUT2D eigenvalue weighted by Crippen LogP contribution is -2.36. The van der Waals surface area contributed by atoms with Gasteiger partial charge in [0.15, 0.2) is 23.7 Å². The maximum absolute atomic E-state index is 11.4. The van der Waals surface area contributed by atoms with Gasteiger partial charge in [0.1, 0.15) is 0 Å². The maximum Gasteiger partial charge on any atom is 0.231 e. The fourth-order valence-corrected chi connectivity index (χ4v) is 2.37. The van der Waals surface area contributed by atoms with Crippen molar-refractivity contribution in [3.8, 4) is 11.5 Å². The van der Waals surface area contributed by atoms with Crippen molar-refractivity contribution >= 4 is 18.3 Å². The van der Waals surface area contributed by atoms with E-state index in [0.717, 1.165) is 24.0 Å². The number of fused-ring (bicyclic) bond motifs is 1. The summed E-state index contributed by atoms with van der Waals surface area (Å²) in [6.45, 7) is 0.218. The molecule has 0 spiro atoms. The standard InChI is InChI=1S/C19H19N3O3/c1-20-19(21-15-6-4-2-3-5-7-15)22-16(12-23)10-14-8-9-17-18(11-14)25-13-24-17/h2-4,6-12H,5,13H2,1H3,(H2,20,21,22)/b16-10-. The van der Waals surface area contributed by atoms with E-state index in [1.54, 1.807) is 13.1 Å². The van der Waals surface area contributed by atoms with Gasteiger partial charge in [0.25, 0.3) is 0 Å². The summed E-state index contributed by atoms with van der Waals surface area (Å²) in [7, 11) is 1.65. The number of hydrogen-bond donors (Lipinski definition) is 2. The molecule has 25 heavy (non-hydrogen) atoms. The van der Waals surface area contributed by atoms with Gasteiger partial charge in [0.05, 0.1) is 5.70 Å². The Kier molecular flexibility index (Phi) is 5.31. The number of carbonyl (C=O) groups is 1. The fraction of sp³-hybridized carbons (Fsp3) is 0.158. The molecule has 1 heterocycles. The van der Waals surface area contributed by atoms with Crippen LogP contribution in [0.4, 0.5) is 0 Å². The van der Waals surface area contributed by atoms with Crippen LogP contribution in [0.2, 0.25) is 0 Å². The zero-order valence-corrected chi connectivity index (χ0v) is 13.9. The monoisotopic (exact) mass is 337 g/mol. The molecule has 0 fully saturated rings. The van der Waals surface area contributed by atoms with E-state index in [2.05, 4.69) is 21.7 Å². The van der Waals surface area contributed by atoms with Crippen molar-refractivity contribution in [3.63, 3.8) is 0 Å². The lowest BCUT2D eigenvalue weighted by molar-refractivity contribution is -0.105. The van der Waals surface area contributed by atoms with Crippen LogP contribution >= 0.6 is 0 Å². The Hall–Kier alpha value is -3.28. The highest BCUT2D eigenvalue weighted by Crippen LogP contribution is 2.32. The molecule has 0 atom stereocenters. The molecule has 128 valence electrons. The highest BCUT2D eigenvalue weighted by Gasteiger charge is 2.13. The van der Waals surface area contributed by atoms with Crippen LogP contribution in [0.15, 0.2) is 65.0 Å². The van der Waals surface area contributed by atoms with Gasteiger partial charge >= 0.3 is 0 Å². The second-order valence-corrected chi connectivity index (χ2v) is 5.33. The van der Waals surface area contributed by atoms with Crippen LogP contribution in [0.25, 0.3) is 6.08 Å². The molecule has 2 aliphatic rings. The number of benzene rings is 1. The first-order chi connectivity index (χ1) is 12.3. The molecule has 6 nitrogen and oxygen atoms in total. The van der Waals surface area contributed by atoms with Gasteiger partial charge in [0, 0.05) is 12.7 Å². The zero-order chi connectivity index (χ0) is 17.5. The number of rotatable bonds is 4. The third-order valence-corrected chi connectivity index (χ3v) is 3.59. The van der Waals surface area contributed by atoms with Gasteiger partial charge in [0.2, 0.25) is 6.79 Å². The molecule has 1 aromatic rings. The number of guanidine groups is 1. The minimum absolute atomic E-state index is 0.218. The van der Waals surface area contributed by atoms with Crippen LogP contribution in [-0.4, -0.2) is 26.1 Å². The molecule has 1 aliphatic heterocycles. The molecule has 2 N–H and O–H groups in total. The van der Waals surface area contributed by atoms with Crippen LogP contribution in [-0.2, 0) is 4.79 Å². The first-order valence-electron chi connectivity index (χ1n) is 7.89. The smallest absolute Gasteiger partial charge is 0.231 e. The molecular weight excluding hydrogens is 318 g/mol. The molecule has 0 amide bonds. The Balaban J connectivity index is 1.71. The molecular formula is C19H19N3O3. The van der Waals surface area contributed by atoms with E-state index < -0.39 is 0 Å². The Labute approximate surface area is 146 Å². The lowest BCUT2D eigenvalue weighted by atomic mass is 10.1. The predicted octanol–water partition coefficient (Wildman–Crippen LogP) is 2.52. The normalized spacial score (nSPS) is 16.3. The van der Waals surface area contributed by atoms with Crippen LogP contribution in [0.5, 0.6) is 11.5 Å². The number of carbonyl (C=O) groups excluding carboxylic acids is 1. The number of ether oxygens (including phenoxy) is 2. The molecule has 1 aromatic carbocycles. The second kappa shape index (κ2) is 8.01. The van der Waals surface area contributed by atoms with E-state index >= 15 is 0 Å². The average Bonchev–Trinajstić information content (AvgIpc) is 2.95. The minimum atomic E-state index is 0.218. The van der Waals surface area contributed by atoms with Crippen LogP contribution in [0.3, 0.4) is 0 Å². The third-order valence-electron chi connectivity index (χ3n) is 3.59. The SMILES string of the molecule is CN=C(NC1=CCC=CC=C1)N/C(C=O)=C\c1ccc2c(c1)OCO2. The van der Waals surface area contributed by atoms with Crippen LogP contribution < -0.4 is 20.1 Å². The second-order valence-electron chi connectivity index (χ2n) is 5.33. The fourth-order valence-electron chi connectivity index (χ4n) is 2.37. The van der Waals surface area contributed by atoms with Gasteiger partial charge in [-0.25, -0.2) is 0 Å². The summed E-state index contributed by atoms with van der Waals surface area (Å²) in [4.78, 5) is 15.6. The van der Waals surface area contributed by atoms with E-state index in [0.29, 0.717) is 23.2 Å². The number of hydrogen-bond acceptors (Lipinski definition) is 4. The highest BCUT2D eigenvalue weighted by atomic mass is 16.7. The maximum atomic E-state index is 11.4. The van der Waals surface area contributed by atoms with Gasteiger partial charge in [-0.3, -0.25) is 9.79 Å². The van der Waals surface area contributed by atoms with Crippen molar-refractivity contribution in [3.05, 3.63) is 65.5 Å². The van der Waals surface area contributed by atoms with Crippen molar-refractivity contribution in [1.82, 2.24) is 10.6 Å². The number of nitrogens with zero attached hydrogens (tertiary/aromatic N) is 1. The molecule has 0 aromatic heterocycles. The average molecular weight is 337 g/mol. The predicted molar refractivity (Wildman–Crippen MR) is 97.2 cm³/mol. The summed E-state index contributed by atoms with van der Waals surface area (Å²) in [5.41, 5.74) is 2.11. The molecule has 0 unspecified atom stereocenters. The summed E-state index contributed by atoms with van der Waals surface area (Å²) in [6.07, 6.45) is 13.3. The van der Waals surface area contributed by atoms with Crippen molar-refractivity contribution in [2.24, 2.45) is 4.99 Å². The van der Waals surface area contributed by atoms with Crippen LogP contribution in [0, 0.1) is 0 Å². The summed E-state index contributed by atoms with van der Waals surface area (Å²) < 4.78 is 10.6. The first kappa shape index (κ1) is 16.6. The Morgan fingerprint density at radius 3 is 2.96 bits per heavy atom. The summed E-state index contributed by atoms with van der Waals surface area (Å²) in [5, 5.41) is 6.17. The zero-order valence-electron chi connectivity index (χ0n) is 13.9. The van der Waals surface area contributed by atoms with Crippen molar-refractivity contribution in [1.29, 1.82) is 0 Å². The summed E-state index contributed by atoms with van der Waals surface area (Å²) in [6, 6.07) is 5.50. The van der Waals surface area contributed by atoms with Gasteiger partial charge in [-0.2, -0.15) is 0 Å². The van der Waals surface area contributed by atoms with Crippen LogP contribution in [0.1, 0.15) is 12.0 Å². The van der Waals surface area contributed by atoms with E-state index in [1.165, 1.54) is 0 Å². The van der Waals surface area contributed by atoms with E-state index in [1.807, 2.05) is 42.5 Å². The summed E-state index contributed by atoms with van der Waals surface area (Å²) in [5.74, 6) is 1.86. The lowest BCUT2D eigenvalue weighted by Gasteiger charge is -2.12. The molecule has 0 saturated carbocycles. The molecule has 1 aliphatic carbocycles. The van der Waals surface area contributed by atoms with E-state index in [9.17, 15) is 4.79 Å². The molecule has 0 bridgehead atoms. The number of aldehydes is 1. The van der Waals surface area contributed by atoms with Crippen molar-refractivity contribution < 1.29 is 14.3 Å². The van der Waals surface area contributed by atoms with Gasteiger partial charge in [-0.05, 0) is 36.3 Å².